The Morgan fingerprint density at radius 1 is 1.09 bits per heavy atom. The Morgan fingerprint density at radius 3 is 2.36 bits per heavy atom. The van der Waals surface area contributed by atoms with Gasteiger partial charge in [0.2, 0.25) is 0 Å². The van der Waals surface area contributed by atoms with E-state index in [1.54, 1.807) is 6.20 Å². The van der Waals surface area contributed by atoms with E-state index < -0.39 is 0 Å². The van der Waals surface area contributed by atoms with E-state index in [0.717, 1.165) is 22.5 Å². The molecule has 0 aliphatic heterocycles. The highest BCUT2D eigenvalue weighted by molar-refractivity contribution is 6.04. The van der Waals surface area contributed by atoms with Crippen LogP contribution in [0, 0.1) is 6.92 Å². The Kier molecular flexibility index (Phi) is 3.62. The van der Waals surface area contributed by atoms with Crippen molar-refractivity contribution in [1.29, 1.82) is 0 Å². The molecule has 2 aromatic carbocycles. The number of aromatic amines is 1. The van der Waals surface area contributed by atoms with E-state index in [-0.39, 0.29) is 5.91 Å². The fraction of sp³-hybridized carbons (Fsp3) is 0.0588. The molecular formula is C17H16N4O. The molecule has 22 heavy (non-hydrogen) atoms. The van der Waals surface area contributed by atoms with Crippen LogP contribution < -0.4 is 11.1 Å². The number of carbonyl (C=O) groups excluding carboxylic acids is 1. The summed E-state index contributed by atoms with van der Waals surface area (Å²) >= 11 is 0. The number of carbonyl (C=O) groups is 1. The molecule has 0 radical (unpaired) electrons. The highest BCUT2D eigenvalue weighted by atomic mass is 16.1. The number of hydrogen-bond acceptors (Lipinski definition) is 3. The molecule has 5 heteroatoms. The number of imidazole rings is 1. The van der Waals surface area contributed by atoms with Crippen molar-refractivity contribution in [3.63, 3.8) is 0 Å². The first kappa shape index (κ1) is 13.9. The highest BCUT2D eigenvalue weighted by Gasteiger charge is 2.06. The average Bonchev–Trinajstić information content (AvgIpc) is 2.95. The van der Waals surface area contributed by atoms with Crippen LogP contribution in [0.25, 0.3) is 11.3 Å². The molecule has 0 fully saturated rings. The highest BCUT2D eigenvalue weighted by Crippen LogP contribution is 2.20. The maximum absolute atomic E-state index is 12.1. The van der Waals surface area contributed by atoms with Crippen LogP contribution in [0.1, 0.15) is 15.9 Å². The van der Waals surface area contributed by atoms with Crippen molar-refractivity contribution >= 4 is 17.5 Å². The largest absolute Gasteiger partial charge is 0.369 e. The van der Waals surface area contributed by atoms with E-state index in [1.165, 1.54) is 0 Å². The molecule has 3 rings (SSSR count). The zero-order valence-corrected chi connectivity index (χ0v) is 12.1. The zero-order chi connectivity index (χ0) is 15.5. The Morgan fingerprint density at radius 2 is 1.77 bits per heavy atom. The molecule has 0 atom stereocenters. The maximum Gasteiger partial charge on any atom is 0.255 e. The number of aromatic nitrogens is 2. The molecule has 0 aliphatic rings. The van der Waals surface area contributed by atoms with E-state index in [9.17, 15) is 4.79 Å². The Hall–Kier alpha value is -3.08. The van der Waals surface area contributed by atoms with Crippen LogP contribution in [-0.4, -0.2) is 15.9 Å². The summed E-state index contributed by atoms with van der Waals surface area (Å²) in [5.41, 5.74) is 9.76. The van der Waals surface area contributed by atoms with Gasteiger partial charge in [-0.05, 0) is 31.2 Å². The van der Waals surface area contributed by atoms with Gasteiger partial charge in [-0.15, -0.1) is 0 Å². The molecule has 0 bridgehead atoms. The molecule has 0 saturated heterocycles. The van der Waals surface area contributed by atoms with Gasteiger partial charge in [0.1, 0.15) is 0 Å². The molecular weight excluding hydrogens is 276 g/mol. The lowest BCUT2D eigenvalue weighted by atomic mass is 10.1. The van der Waals surface area contributed by atoms with Gasteiger partial charge in [-0.25, -0.2) is 4.98 Å². The number of benzene rings is 2. The lowest BCUT2D eigenvalue weighted by molar-refractivity contribution is 0.102. The quantitative estimate of drug-likeness (QED) is 0.693. The second-order valence-electron chi connectivity index (χ2n) is 5.07. The van der Waals surface area contributed by atoms with Crippen molar-refractivity contribution in [3.05, 3.63) is 65.9 Å². The summed E-state index contributed by atoms with van der Waals surface area (Å²) in [6.07, 6.45) is 1.75. The molecule has 0 saturated carbocycles. The van der Waals surface area contributed by atoms with Crippen molar-refractivity contribution in [2.24, 2.45) is 0 Å². The Balaban J connectivity index is 1.73. The molecule has 110 valence electrons. The van der Waals surface area contributed by atoms with Gasteiger partial charge in [0.15, 0.2) is 5.95 Å². The van der Waals surface area contributed by atoms with E-state index in [2.05, 4.69) is 15.3 Å². The van der Waals surface area contributed by atoms with Gasteiger partial charge < -0.3 is 16.0 Å². The van der Waals surface area contributed by atoms with Crippen molar-refractivity contribution in [3.8, 4) is 11.3 Å². The minimum atomic E-state index is -0.128. The summed E-state index contributed by atoms with van der Waals surface area (Å²) in [6.45, 7) is 1.99. The van der Waals surface area contributed by atoms with Gasteiger partial charge in [-0.2, -0.15) is 0 Å². The van der Waals surface area contributed by atoms with Crippen LogP contribution in [0.5, 0.6) is 0 Å². The minimum absolute atomic E-state index is 0.128. The lowest BCUT2D eigenvalue weighted by Gasteiger charge is -2.06. The third kappa shape index (κ3) is 2.98. The summed E-state index contributed by atoms with van der Waals surface area (Å²) in [7, 11) is 0. The van der Waals surface area contributed by atoms with E-state index >= 15 is 0 Å². The predicted molar refractivity (Wildman–Crippen MR) is 87.6 cm³/mol. The molecule has 0 unspecified atom stereocenters. The number of nitrogen functional groups attached to an aromatic ring is 1. The smallest absolute Gasteiger partial charge is 0.255 e. The first-order valence-electron chi connectivity index (χ1n) is 6.91. The van der Waals surface area contributed by atoms with Crippen molar-refractivity contribution in [1.82, 2.24) is 9.97 Å². The summed E-state index contributed by atoms with van der Waals surface area (Å²) < 4.78 is 0. The Labute approximate surface area is 128 Å². The Bertz CT molecular complexity index is 788. The summed E-state index contributed by atoms with van der Waals surface area (Å²) in [5.74, 6) is 0.253. The fourth-order valence-electron chi connectivity index (χ4n) is 2.12. The molecule has 0 aliphatic carbocycles. The number of nitrogens with two attached hydrogens (primary N) is 1. The summed E-state index contributed by atoms with van der Waals surface area (Å²) in [5, 5.41) is 2.87. The fourth-order valence-corrected chi connectivity index (χ4v) is 2.12. The molecule has 0 spiro atoms. The van der Waals surface area contributed by atoms with E-state index in [4.69, 9.17) is 5.73 Å². The van der Waals surface area contributed by atoms with Crippen LogP contribution in [-0.2, 0) is 0 Å². The van der Waals surface area contributed by atoms with Gasteiger partial charge in [-0.3, -0.25) is 4.79 Å². The molecule has 1 aromatic heterocycles. The zero-order valence-electron chi connectivity index (χ0n) is 12.1. The van der Waals surface area contributed by atoms with Crippen LogP contribution in [0.15, 0.2) is 54.7 Å². The van der Waals surface area contributed by atoms with Crippen molar-refractivity contribution < 1.29 is 4.79 Å². The molecule has 4 N–H and O–H groups in total. The van der Waals surface area contributed by atoms with Crippen LogP contribution >= 0.6 is 0 Å². The minimum Gasteiger partial charge on any atom is -0.369 e. The summed E-state index contributed by atoms with van der Waals surface area (Å²) in [6, 6.07) is 14.9. The number of rotatable bonds is 3. The monoisotopic (exact) mass is 292 g/mol. The number of hydrogen-bond donors (Lipinski definition) is 3. The first-order valence-corrected chi connectivity index (χ1v) is 6.91. The number of nitrogens with one attached hydrogen (secondary N) is 2. The van der Waals surface area contributed by atoms with Crippen LogP contribution in [0.4, 0.5) is 11.6 Å². The van der Waals surface area contributed by atoms with Gasteiger partial charge in [0.25, 0.3) is 5.91 Å². The SMILES string of the molecule is Cc1ccc(C(=O)Nc2ccc(-c3c[nH]c(N)n3)cc2)cc1. The standard InChI is InChI=1S/C17H16N4O/c1-11-2-4-13(5-3-11)16(22)20-14-8-6-12(7-9-14)15-10-19-17(18)21-15/h2-10H,1H3,(H,20,22)(H3,18,19,21). The normalized spacial score (nSPS) is 10.4. The first-order chi connectivity index (χ1) is 10.6. The van der Waals surface area contributed by atoms with Crippen molar-refractivity contribution in [2.45, 2.75) is 6.92 Å². The number of amides is 1. The van der Waals surface area contributed by atoms with E-state index in [0.29, 0.717) is 11.5 Å². The summed E-state index contributed by atoms with van der Waals surface area (Å²) in [4.78, 5) is 19.1. The van der Waals surface area contributed by atoms with Crippen LogP contribution in [0.3, 0.4) is 0 Å². The second kappa shape index (κ2) is 5.73. The third-order valence-corrected chi connectivity index (χ3v) is 3.35. The molecule has 1 heterocycles. The molecule has 3 aromatic rings. The maximum atomic E-state index is 12.1. The molecule has 5 nitrogen and oxygen atoms in total. The number of anilines is 2. The van der Waals surface area contributed by atoms with Gasteiger partial charge in [0, 0.05) is 23.0 Å². The van der Waals surface area contributed by atoms with Gasteiger partial charge in [0.05, 0.1) is 5.69 Å². The van der Waals surface area contributed by atoms with Crippen molar-refractivity contribution in [2.75, 3.05) is 11.1 Å². The molecule has 1 amide bonds. The number of nitrogens with zero attached hydrogens (tertiary/aromatic N) is 1. The topological polar surface area (TPSA) is 83.8 Å². The third-order valence-electron chi connectivity index (χ3n) is 3.35. The van der Waals surface area contributed by atoms with Gasteiger partial charge in [-0.1, -0.05) is 29.8 Å². The number of aryl methyl sites for hydroxylation is 1. The lowest BCUT2D eigenvalue weighted by Crippen LogP contribution is -2.11. The second-order valence-corrected chi connectivity index (χ2v) is 5.07. The van der Waals surface area contributed by atoms with E-state index in [1.807, 2.05) is 55.5 Å². The van der Waals surface area contributed by atoms with Gasteiger partial charge >= 0.3 is 0 Å². The number of H-pyrrole nitrogens is 1. The predicted octanol–water partition coefficient (Wildman–Crippen LogP) is 3.22. The van der Waals surface area contributed by atoms with Crippen LogP contribution in [0.2, 0.25) is 0 Å². The average molecular weight is 292 g/mol.